The molecule has 0 radical (unpaired) electrons. The highest BCUT2D eigenvalue weighted by Crippen LogP contribution is 2.63. The third-order valence-electron chi connectivity index (χ3n) is 4.82. The molecule has 0 amide bonds. The van der Waals surface area contributed by atoms with Crippen molar-refractivity contribution in [2.24, 2.45) is 5.41 Å². The lowest BCUT2D eigenvalue weighted by Gasteiger charge is -2.04. The lowest BCUT2D eigenvalue weighted by molar-refractivity contribution is -0.141. The molecule has 128 valence electrons. The van der Waals surface area contributed by atoms with Gasteiger partial charge in [0.15, 0.2) is 15.3 Å². The Labute approximate surface area is 146 Å². The van der Waals surface area contributed by atoms with Crippen LogP contribution in [0.3, 0.4) is 0 Å². The Kier molecular flexibility index (Phi) is 4.13. The van der Waals surface area contributed by atoms with Crippen molar-refractivity contribution in [2.75, 3.05) is 0 Å². The first kappa shape index (κ1) is 17.2. The summed E-state index contributed by atoms with van der Waals surface area (Å²) in [5.74, 6) is -2.28. The number of aliphatic carboxylic acids is 1. The number of hydrogen-bond acceptors (Lipinski definition) is 4. The lowest BCUT2D eigenvalue weighted by Crippen LogP contribution is -2.22. The molecule has 0 spiro atoms. The minimum absolute atomic E-state index is 0.0357. The van der Waals surface area contributed by atoms with E-state index >= 15 is 0 Å². The molecule has 1 aliphatic rings. The molecule has 1 aliphatic carbocycles. The molecule has 3 rings (SSSR count). The van der Waals surface area contributed by atoms with Gasteiger partial charge in [0.1, 0.15) is 5.25 Å². The van der Waals surface area contributed by atoms with Crippen molar-refractivity contribution in [2.45, 2.75) is 29.4 Å². The van der Waals surface area contributed by atoms with Gasteiger partial charge in [-0.1, -0.05) is 49.4 Å². The zero-order valence-electron chi connectivity index (χ0n) is 13.6. The fourth-order valence-corrected chi connectivity index (χ4v) is 5.64. The number of rotatable bonds is 5. The first-order valence-corrected chi connectivity index (χ1v) is 9.46. The SMILES string of the molecule is CCc1ccc(C2C(S(=O)(=O)c3ccccc3)C2(C#N)C(=O)O)cc1. The van der Waals surface area contributed by atoms with Gasteiger partial charge in [0.2, 0.25) is 0 Å². The van der Waals surface area contributed by atoms with Crippen molar-refractivity contribution in [3.05, 3.63) is 65.7 Å². The highest BCUT2D eigenvalue weighted by molar-refractivity contribution is 7.92. The van der Waals surface area contributed by atoms with E-state index in [1.54, 1.807) is 36.4 Å². The third-order valence-corrected chi connectivity index (χ3v) is 7.07. The normalized spacial score (nSPS) is 25.1. The summed E-state index contributed by atoms with van der Waals surface area (Å²) in [5, 5.41) is 17.9. The van der Waals surface area contributed by atoms with E-state index in [-0.39, 0.29) is 4.90 Å². The molecule has 3 atom stereocenters. The van der Waals surface area contributed by atoms with Crippen molar-refractivity contribution in [1.82, 2.24) is 0 Å². The smallest absolute Gasteiger partial charge is 0.326 e. The number of benzene rings is 2. The first-order chi connectivity index (χ1) is 11.9. The quantitative estimate of drug-likeness (QED) is 0.890. The molecule has 1 N–H and O–H groups in total. The van der Waals surface area contributed by atoms with Gasteiger partial charge in [0.25, 0.3) is 0 Å². The van der Waals surface area contributed by atoms with Gasteiger partial charge in [0, 0.05) is 5.92 Å². The predicted octanol–water partition coefficient (Wildman–Crippen LogP) is 2.78. The number of carboxylic acids is 1. The summed E-state index contributed by atoms with van der Waals surface area (Å²) in [6, 6.07) is 16.6. The zero-order valence-corrected chi connectivity index (χ0v) is 14.4. The molecule has 0 bridgehead atoms. The standard InChI is InChI=1S/C19H17NO4S/c1-2-13-8-10-14(11-9-13)16-17(19(16,12-20)18(21)22)25(23,24)15-6-4-3-5-7-15/h3-11,16-17H,2H2,1H3,(H,21,22). The minimum Gasteiger partial charge on any atom is -0.480 e. The van der Waals surface area contributed by atoms with Crippen LogP contribution >= 0.6 is 0 Å². The van der Waals surface area contributed by atoms with Gasteiger partial charge in [-0.25, -0.2) is 8.42 Å². The monoisotopic (exact) mass is 355 g/mol. The van der Waals surface area contributed by atoms with E-state index in [1.807, 2.05) is 19.1 Å². The number of sulfone groups is 1. The fourth-order valence-electron chi connectivity index (χ4n) is 3.37. The van der Waals surface area contributed by atoms with Crippen LogP contribution in [0.2, 0.25) is 0 Å². The van der Waals surface area contributed by atoms with E-state index in [9.17, 15) is 23.6 Å². The average Bonchev–Trinajstić information content (AvgIpc) is 3.34. The second kappa shape index (κ2) is 6.01. The summed E-state index contributed by atoms with van der Waals surface area (Å²) in [6.07, 6.45) is 0.818. The van der Waals surface area contributed by atoms with Gasteiger partial charge < -0.3 is 5.11 Å². The Morgan fingerprint density at radius 3 is 2.24 bits per heavy atom. The van der Waals surface area contributed by atoms with Gasteiger partial charge in [-0.2, -0.15) is 5.26 Å². The van der Waals surface area contributed by atoms with Gasteiger partial charge in [-0.05, 0) is 29.7 Å². The average molecular weight is 355 g/mol. The Morgan fingerprint density at radius 1 is 1.16 bits per heavy atom. The largest absolute Gasteiger partial charge is 0.480 e. The molecule has 5 nitrogen and oxygen atoms in total. The lowest BCUT2D eigenvalue weighted by atomic mass is 9.99. The zero-order chi connectivity index (χ0) is 18.2. The topological polar surface area (TPSA) is 95.2 Å². The van der Waals surface area contributed by atoms with Crippen LogP contribution in [0.4, 0.5) is 0 Å². The minimum atomic E-state index is -3.95. The van der Waals surface area contributed by atoms with Crippen molar-refractivity contribution < 1.29 is 18.3 Å². The van der Waals surface area contributed by atoms with E-state index in [0.717, 1.165) is 12.0 Å². The van der Waals surface area contributed by atoms with Crippen LogP contribution in [0.25, 0.3) is 0 Å². The van der Waals surface area contributed by atoms with Crippen LogP contribution < -0.4 is 0 Å². The number of carboxylic acid groups (broad SMARTS) is 1. The van der Waals surface area contributed by atoms with Crippen molar-refractivity contribution in [1.29, 1.82) is 5.26 Å². The van der Waals surface area contributed by atoms with E-state index in [0.29, 0.717) is 5.56 Å². The second-order valence-corrected chi connectivity index (χ2v) is 8.21. The van der Waals surface area contributed by atoms with E-state index in [4.69, 9.17) is 0 Å². The Morgan fingerprint density at radius 2 is 1.76 bits per heavy atom. The predicted molar refractivity (Wildman–Crippen MR) is 91.7 cm³/mol. The van der Waals surface area contributed by atoms with Gasteiger partial charge >= 0.3 is 5.97 Å². The molecule has 0 saturated heterocycles. The molecule has 6 heteroatoms. The second-order valence-electron chi connectivity index (χ2n) is 6.14. The van der Waals surface area contributed by atoms with Crippen molar-refractivity contribution in [3.8, 4) is 6.07 Å². The molecule has 0 aliphatic heterocycles. The molecule has 3 unspecified atom stereocenters. The molecular weight excluding hydrogens is 338 g/mol. The highest BCUT2D eigenvalue weighted by atomic mass is 32.2. The summed E-state index contributed by atoms with van der Waals surface area (Å²) in [7, 11) is -3.95. The molecule has 0 heterocycles. The van der Waals surface area contributed by atoms with Crippen LogP contribution in [0.5, 0.6) is 0 Å². The number of carbonyl (C=O) groups is 1. The molecule has 1 fully saturated rings. The van der Waals surface area contributed by atoms with Crippen molar-refractivity contribution >= 4 is 15.8 Å². The molecule has 2 aromatic carbocycles. The number of aryl methyl sites for hydroxylation is 1. The van der Waals surface area contributed by atoms with E-state index in [1.165, 1.54) is 12.1 Å². The maximum absolute atomic E-state index is 13.0. The summed E-state index contributed by atoms with van der Waals surface area (Å²) in [5.41, 5.74) is -0.335. The fraction of sp³-hybridized carbons (Fsp3) is 0.263. The summed E-state index contributed by atoms with van der Waals surface area (Å²) in [4.78, 5) is 11.9. The summed E-state index contributed by atoms with van der Waals surface area (Å²) >= 11 is 0. The van der Waals surface area contributed by atoms with Crippen molar-refractivity contribution in [3.63, 3.8) is 0 Å². The van der Waals surface area contributed by atoms with Crippen LogP contribution in [-0.4, -0.2) is 24.7 Å². The molecule has 1 saturated carbocycles. The van der Waals surface area contributed by atoms with Gasteiger partial charge in [-0.15, -0.1) is 0 Å². The number of hydrogen-bond donors (Lipinski definition) is 1. The van der Waals surface area contributed by atoms with Gasteiger partial charge in [0.05, 0.1) is 11.0 Å². The third kappa shape index (κ3) is 2.52. The van der Waals surface area contributed by atoms with Crippen LogP contribution in [0, 0.1) is 16.7 Å². The number of nitrogens with zero attached hydrogens (tertiary/aromatic N) is 1. The molecular formula is C19H17NO4S. The van der Waals surface area contributed by atoms with Crippen LogP contribution in [-0.2, 0) is 21.1 Å². The van der Waals surface area contributed by atoms with E-state index < -0.39 is 32.4 Å². The Hall–Kier alpha value is -2.65. The maximum Gasteiger partial charge on any atom is 0.326 e. The van der Waals surface area contributed by atoms with Crippen LogP contribution in [0.1, 0.15) is 24.0 Å². The molecule has 2 aromatic rings. The first-order valence-electron chi connectivity index (χ1n) is 7.92. The maximum atomic E-state index is 13.0. The summed E-state index contributed by atoms with van der Waals surface area (Å²) < 4.78 is 25.9. The van der Waals surface area contributed by atoms with Gasteiger partial charge in [-0.3, -0.25) is 4.79 Å². The number of nitriles is 1. The highest BCUT2D eigenvalue weighted by Gasteiger charge is 2.77. The molecule has 25 heavy (non-hydrogen) atoms. The molecule has 0 aromatic heterocycles. The Balaban J connectivity index is 2.10. The Bertz CT molecular complexity index is 945. The summed E-state index contributed by atoms with van der Waals surface area (Å²) in [6.45, 7) is 1.99. The van der Waals surface area contributed by atoms with E-state index in [2.05, 4.69) is 0 Å². The van der Waals surface area contributed by atoms with Crippen LogP contribution in [0.15, 0.2) is 59.5 Å².